The van der Waals surface area contributed by atoms with Gasteiger partial charge in [0.1, 0.15) is 17.9 Å². The molecule has 2 heterocycles. The first kappa shape index (κ1) is 21.1. The predicted molar refractivity (Wildman–Crippen MR) is 116 cm³/mol. The number of carbonyl (C=O) groups excluding carboxylic acids is 2. The molecule has 0 saturated heterocycles. The molecule has 3 amide bonds. The molecular formula is C21H26BrN5O2. The summed E-state index contributed by atoms with van der Waals surface area (Å²) in [5.74, 6) is 0.542. The highest BCUT2D eigenvalue weighted by atomic mass is 79.9. The number of hydrogen-bond acceptors (Lipinski definition) is 3. The minimum atomic E-state index is -0.604. The smallest absolute Gasteiger partial charge is 0.317 e. The molecule has 3 rings (SSSR count). The lowest BCUT2D eigenvalue weighted by molar-refractivity contribution is -0.135. The van der Waals surface area contributed by atoms with Gasteiger partial charge in [0.15, 0.2) is 0 Å². The Kier molecular flexibility index (Phi) is 6.42. The van der Waals surface area contributed by atoms with E-state index in [2.05, 4.69) is 31.2 Å². The van der Waals surface area contributed by atoms with Gasteiger partial charge in [-0.15, -0.1) is 0 Å². The van der Waals surface area contributed by atoms with Crippen LogP contribution in [0.4, 0.5) is 4.79 Å². The molecule has 0 fully saturated rings. The van der Waals surface area contributed by atoms with E-state index >= 15 is 0 Å². The van der Waals surface area contributed by atoms with Gasteiger partial charge in [-0.1, -0.05) is 54.1 Å². The van der Waals surface area contributed by atoms with Gasteiger partial charge in [0.05, 0.1) is 11.9 Å². The zero-order chi connectivity index (χ0) is 21.1. The number of nitrogens with one attached hydrogen (secondary N) is 2. The number of amides is 3. The van der Waals surface area contributed by atoms with Crippen LogP contribution in [0.25, 0.3) is 11.3 Å². The van der Waals surface area contributed by atoms with E-state index in [9.17, 15) is 9.59 Å². The fraction of sp³-hybridized carbons (Fsp3) is 0.381. The molecule has 2 atom stereocenters. The van der Waals surface area contributed by atoms with E-state index in [4.69, 9.17) is 0 Å². The Morgan fingerprint density at radius 3 is 2.59 bits per heavy atom. The van der Waals surface area contributed by atoms with Crippen molar-refractivity contribution in [3.63, 3.8) is 0 Å². The summed E-state index contributed by atoms with van der Waals surface area (Å²) in [4.78, 5) is 36.4. The van der Waals surface area contributed by atoms with E-state index in [-0.39, 0.29) is 23.9 Å². The van der Waals surface area contributed by atoms with Crippen molar-refractivity contribution in [2.45, 2.75) is 25.9 Å². The highest BCUT2D eigenvalue weighted by Gasteiger charge is 2.35. The lowest BCUT2D eigenvalue weighted by Crippen LogP contribution is -2.53. The van der Waals surface area contributed by atoms with Crippen LogP contribution >= 0.6 is 15.9 Å². The summed E-state index contributed by atoms with van der Waals surface area (Å²) >= 11 is 3.44. The SMILES string of the molecule is CC(C)C(NC(=O)N(C)C)C(=O)N1CC=CC1c1ncc(-c2ccc(Br)cc2)[nH]1. The molecule has 1 aliphatic rings. The second kappa shape index (κ2) is 8.82. The fourth-order valence-electron chi connectivity index (χ4n) is 3.20. The lowest BCUT2D eigenvalue weighted by Gasteiger charge is -2.31. The standard InChI is InChI=1S/C21H26BrN5O2/c1-13(2)18(25-21(29)26(3)4)20(28)27-11-5-6-17(27)19-23-12-16(24-19)14-7-9-15(22)10-8-14/h5-10,12-13,17-18H,11H2,1-4H3,(H,23,24)(H,25,29). The van der Waals surface area contributed by atoms with E-state index < -0.39 is 6.04 Å². The molecule has 2 unspecified atom stereocenters. The second-order valence-electron chi connectivity index (χ2n) is 7.62. The second-order valence-corrected chi connectivity index (χ2v) is 8.53. The van der Waals surface area contributed by atoms with Gasteiger partial charge < -0.3 is 20.1 Å². The number of benzene rings is 1. The molecule has 1 aromatic heterocycles. The molecule has 2 N–H and O–H groups in total. The van der Waals surface area contributed by atoms with Crippen molar-refractivity contribution in [2.75, 3.05) is 20.6 Å². The third-order valence-electron chi connectivity index (χ3n) is 4.89. The molecule has 7 nitrogen and oxygen atoms in total. The van der Waals surface area contributed by atoms with Crippen molar-refractivity contribution < 1.29 is 9.59 Å². The van der Waals surface area contributed by atoms with Crippen LogP contribution in [0.3, 0.4) is 0 Å². The van der Waals surface area contributed by atoms with Crippen molar-refractivity contribution >= 4 is 27.9 Å². The van der Waals surface area contributed by atoms with Crippen molar-refractivity contribution in [2.24, 2.45) is 5.92 Å². The summed E-state index contributed by atoms with van der Waals surface area (Å²) in [5, 5.41) is 2.83. The normalized spacial score (nSPS) is 16.9. The van der Waals surface area contributed by atoms with E-state index in [1.807, 2.05) is 50.3 Å². The number of aromatic amines is 1. The minimum Gasteiger partial charge on any atom is -0.340 e. The van der Waals surface area contributed by atoms with Crippen molar-refractivity contribution in [1.82, 2.24) is 25.1 Å². The lowest BCUT2D eigenvalue weighted by atomic mass is 10.0. The quantitative estimate of drug-likeness (QED) is 0.670. The summed E-state index contributed by atoms with van der Waals surface area (Å²) in [6.07, 6.45) is 5.70. The number of aromatic nitrogens is 2. The molecule has 1 aromatic carbocycles. The molecule has 29 heavy (non-hydrogen) atoms. The van der Waals surface area contributed by atoms with Crippen LogP contribution in [-0.2, 0) is 4.79 Å². The van der Waals surface area contributed by atoms with Crippen LogP contribution in [0.2, 0.25) is 0 Å². The number of halogens is 1. The number of carbonyl (C=O) groups is 2. The first-order valence-electron chi connectivity index (χ1n) is 9.53. The Balaban J connectivity index is 1.80. The molecular weight excluding hydrogens is 434 g/mol. The van der Waals surface area contributed by atoms with E-state index in [1.165, 1.54) is 4.90 Å². The maximum absolute atomic E-state index is 13.2. The van der Waals surface area contributed by atoms with Gasteiger partial charge in [0.25, 0.3) is 0 Å². The number of H-pyrrole nitrogens is 1. The summed E-state index contributed by atoms with van der Waals surface area (Å²) < 4.78 is 1.01. The van der Waals surface area contributed by atoms with Crippen LogP contribution in [0, 0.1) is 5.92 Å². The highest BCUT2D eigenvalue weighted by Crippen LogP contribution is 2.28. The van der Waals surface area contributed by atoms with Crippen LogP contribution in [0.5, 0.6) is 0 Å². The van der Waals surface area contributed by atoms with Gasteiger partial charge in [-0.3, -0.25) is 4.79 Å². The van der Waals surface area contributed by atoms with Crippen LogP contribution in [0.15, 0.2) is 47.1 Å². The average molecular weight is 460 g/mol. The van der Waals surface area contributed by atoms with Gasteiger partial charge in [-0.05, 0) is 23.6 Å². The van der Waals surface area contributed by atoms with Gasteiger partial charge in [-0.2, -0.15) is 0 Å². The van der Waals surface area contributed by atoms with Gasteiger partial charge >= 0.3 is 6.03 Å². The Morgan fingerprint density at radius 1 is 1.28 bits per heavy atom. The maximum atomic E-state index is 13.2. The fourth-order valence-corrected chi connectivity index (χ4v) is 3.47. The molecule has 154 valence electrons. The predicted octanol–water partition coefficient (Wildman–Crippen LogP) is 3.57. The Labute approximate surface area is 179 Å². The van der Waals surface area contributed by atoms with Crippen LogP contribution in [0.1, 0.15) is 25.7 Å². The molecule has 1 aliphatic heterocycles. The summed E-state index contributed by atoms with van der Waals surface area (Å²) in [7, 11) is 3.31. The molecule has 0 spiro atoms. The summed E-state index contributed by atoms with van der Waals surface area (Å²) in [5.41, 5.74) is 1.91. The largest absolute Gasteiger partial charge is 0.340 e. The first-order valence-corrected chi connectivity index (χ1v) is 10.3. The molecule has 0 aliphatic carbocycles. The molecule has 0 bridgehead atoms. The average Bonchev–Trinajstić information content (AvgIpc) is 3.34. The van der Waals surface area contributed by atoms with Crippen molar-refractivity contribution in [1.29, 1.82) is 0 Å². The Bertz CT molecular complexity index is 904. The Hall–Kier alpha value is -2.61. The van der Waals surface area contributed by atoms with Crippen molar-refractivity contribution in [3.8, 4) is 11.3 Å². The zero-order valence-electron chi connectivity index (χ0n) is 17.0. The van der Waals surface area contributed by atoms with E-state index in [0.717, 1.165) is 15.7 Å². The third kappa shape index (κ3) is 4.70. The number of imidazole rings is 1. The van der Waals surface area contributed by atoms with Crippen LogP contribution in [-0.4, -0.2) is 58.4 Å². The monoisotopic (exact) mass is 459 g/mol. The molecule has 2 aromatic rings. The van der Waals surface area contributed by atoms with E-state index in [1.54, 1.807) is 25.2 Å². The Morgan fingerprint density at radius 2 is 1.97 bits per heavy atom. The topological polar surface area (TPSA) is 81.3 Å². The number of hydrogen-bond donors (Lipinski definition) is 2. The highest BCUT2D eigenvalue weighted by molar-refractivity contribution is 9.10. The van der Waals surface area contributed by atoms with Gasteiger partial charge in [0.2, 0.25) is 5.91 Å². The molecule has 0 saturated carbocycles. The first-order chi connectivity index (χ1) is 13.8. The van der Waals surface area contributed by atoms with Crippen molar-refractivity contribution in [3.05, 3.63) is 52.9 Å². The molecule has 8 heteroatoms. The number of urea groups is 1. The summed E-state index contributed by atoms with van der Waals surface area (Å²) in [6.45, 7) is 4.34. The number of nitrogens with zero attached hydrogens (tertiary/aromatic N) is 3. The van der Waals surface area contributed by atoms with Crippen LogP contribution < -0.4 is 5.32 Å². The molecule has 0 radical (unpaired) electrons. The van der Waals surface area contributed by atoms with Gasteiger partial charge in [-0.25, -0.2) is 9.78 Å². The van der Waals surface area contributed by atoms with E-state index in [0.29, 0.717) is 12.4 Å². The third-order valence-corrected chi connectivity index (χ3v) is 5.42. The summed E-state index contributed by atoms with van der Waals surface area (Å²) in [6, 6.07) is 6.78. The number of rotatable bonds is 5. The zero-order valence-corrected chi connectivity index (χ0v) is 18.6. The maximum Gasteiger partial charge on any atom is 0.317 e. The minimum absolute atomic E-state index is 0.0393. The van der Waals surface area contributed by atoms with Gasteiger partial charge in [0, 0.05) is 25.1 Å².